The van der Waals surface area contributed by atoms with E-state index in [0.29, 0.717) is 11.6 Å². The van der Waals surface area contributed by atoms with Crippen molar-refractivity contribution >= 4 is 23.5 Å². The van der Waals surface area contributed by atoms with Gasteiger partial charge in [-0.15, -0.1) is 0 Å². The Morgan fingerprint density at radius 2 is 2.24 bits per heavy atom. The SMILES string of the molecule is O=C(CCC1CCCC1)Nc1nccc(Cl)n1. The summed E-state index contributed by atoms with van der Waals surface area (Å²) in [6.07, 6.45) is 8.18. The van der Waals surface area contributed by atoms with E-state index in [9.17, 15) is 4.79 Å². The van der Waals surface area contributed by atoms with Gasteiger partial charge in [0.1, 0.15) is 5.15 Å². The van der Waals surface area contributed by atoms with Crippen molar-refractivity contribution in [2.24, 2.45) is 5.92 Å². The summed E-state index contributed by atoms with van der Waals surface area (Å²) >= 11 is 5.71. The van der Waals surface area contributed by atoms with Gasteiger partial charge in [0.15, 0.2) is 0 Å². The third-order valence-corrected chi connectivity index (χ3v) is 3.34. The molecule has 5 heteroatoms. The lowest BCUT2D eigenvalue weighted by atomic mass is 10.0. The predicted molar refractivity (Wildman–Crippen MR) is 66.9 cm³/mol. The van der Waals surface area contributed by atoms with Gasteiger partial charge in [-0.3, -0.25) is 10.1 Å². The van der Waals surface area contributed by atoms with Gasteiger partial charge in [0.25, 0.3) is 0 Å². The van der Waals surface area contributed by atoms with Gasteiger partial charge in [-0.25, -0.2) is 9.97 Å². The lowest BCUT2D eigenvalue weighted by molar-refractivity contribution is -0.116. The van der Waals surface area contributed by atoms with E-state index in [4.69, 9.17) is 11.6 Å². The first-order chi connectivity index (χ1) is 8.24. The fraction of sp³-hybridized carbons (Fsp3) is 0.583. The quantitative estimate of drug-likeness (QED) is 0.839. The molecule has 17 heavy (non-hydrogen) atoms. The van der Waals surface area contributed by atoms with Crippen LogP contribution in [0, 0.1) is 5.92 Å². The Labute approximate surface area is 106 Å². The van der Waals surface area contributed by atoms with Crippen LogP contribution in [0.2, 0.25) is 5.15 Å². The van der Waals surface area contributed by atoms with Gasteiger partial charge in [-0.05, 0) is 18.4 Å². The molecule has 0 spiro atoms. The Morgan fingerprint density at radius 3 is 2.94 bits per heavy atom. The number of hydrogen-bond donors (Lipinski definition) is 1. The molecule has 0 atom stereocenters. The summed E-state index contributed by atoms with van der Waals surface area (Å²) in [7, 11) is 0. The van der Waals surface area contributed by atoms with E-state index >= 15 is 0 Å². The molecular weight excluding hydrogens is 238 g/mol. The van der Waals surface area contributed by atoms with E-state index in [1.165, 1.54) is 31.9 Å². The van der Waals surface area contributed by atoms with Crippen LogP contribution in [0.15, 0.2) is 12.3 Å². The van der Waals surface area contributed by atoms with Gasteiger partial charge < -0.3 is 0 Å². The highest BCUT2D eigenvalue weighted by atomic mass is 35.5. The number of carbonyl (C=O) groups is 1. The van der Waals surface area contributed by atoms with Gasteiger partial charge in [0.05, 0.1) is 0 Å². The Morgan fingerprint density at radius 1 is 1.47 bits per heavy atom. The Kier molecular flexibility index (Phi) is 4.31. The molecule has 1 N–H and O–H groups in total. The van der Waals surface area contributed by atoms with Crippen LogP contribution in [0.1, 0.15) is 38.5 Å². The molecule has 1 aliphatic rings. The second-order valence-corrected chi connectivity index (χ2v) is 4.83. The van der Waals surface area contributed by atoms with E-state index in [1.807, 2.05) is 0 Å². The molecule has 1 aromatic heterocycles. The third-order valence-electron chi connectivity index (χ3n) is 3.13. The van der Waals surface area contributed by atoms with Crippen molar-refractivity contribution in [1.82, 2.24) is 9.97 Å². The molecule has 1 aromatic rings. The molecule has 0 aliphatic heterocycles. The summed E-state index contributed by atoms with van der Waals surface area (Å²) in [5, 5.41) is 3.00. The van der Waals surface area contributed by atoms with Crippen molar-refractivity contribution in [3.63, 3.8) is 0 Å². The summed E-state index contributed by atoms with van der Waals surface area (Å²) in [5.74, 6) is 0.981. The van der Waals surface area contributed by atoms with Crippen molar-refractivity contribution in [1.29, 1.82) is 0 Å². The lowest BCUT2D eigenvalue weighted by Crippen LogP contribution is -2.14. The van der Waals surface area contributed by atoms with Crippen LogP contribution in [-0.2, 0) is 4.79 Å². The van der Waals surface area contributed by atoms with Crippen LogP contribution < -0.4 is 5.32 Å². The van der Waals surface area contributed by atoms with Crippen LogP contribution >= 0.6 is 11.6 Å². The maximum atomic E-state index is 11.6. The molecule has 0 aromatic carbocycles. The molecule has 0 bridgehead atoms. The minimum absolute atomic E-state index is 0.0285. The zero-order valence-corrected chi connectivity index (χ0v) is 10.4. The number of amides is 1. The topological polar surface area (TPSA) is 54.9 Å². The maximum Gasteiger partial charge on any atom is 0.230 e. The zero-order valence-electron chi connectivity index (χ0n) is 9.66. The summed E-state index contributed by atoms with van der Waals surface area (Å²) in [6.45, 7) is 0. The number of carbonyl (C=O) groups excluding carboxylic acids is 1. The second-order valence-electron chi connectivity index (χ2n) is 4.44. The van der Waals surface area contributed by atoms with Crippen LogP contribution in [0.4, 0.5) is 5.95 Å². The van der Waals surface area contributed by atoms with Crippen molar-refractivity contribution < 1.29 is 4.79 Å². The van der Waals surface area contributed by atoms with E-state index < -0.39 is 0 Å². The number of anilines is 1. The van der Waals surface area contributed by atoms with Crippen molar-refractivity contribution in [2.45, 2.75) is 38.5 Å². The average Bonchev–Trinajstić information content (AvgIpc) is 2.79. The third kappa shape index (κ3) is 3.97. The van der Waals surface area contributed by atoms with Gasteiger partial charge in [0.2, 0.25) is 11.9 Å². The van der Waals surface area contributed by atoms with Crippen molar-refractivity contribution in [2.75, 3.05) is 5.32 Å². The normalized spacial score (nSPS) is 16.1. The summed E-state index contributed by atoms with van der Waals surface area (Å²) < 4.78 is 0. The number of nitrogens with zero attached hydrogens (tertiary/aromatic N) is 2. The smallest absolute Gasteiger partial charge is 0.230 e. The summed E-state index contributed by atoms with van der Waals surface area (Å²) in [4.78, 5) is 19.5. The standard InChI is InChI=1S/C12H16ClN3O/c13-10-7-8-14-12(15-10)16-11(17)6-5-9-3-1-2-4-9/h7-9H,1-6H2,(H,14,15,16,17). The molecule has 92 valence electrons. The second kappa shape index (κ2) is 5.96. The predicted octanol–water partition coefficient (Wildman–Crippen LogP) is 3.04. The summed E-state index contributed by atoms with van der Waals surface area (Å²) in [6, 6.07) is 1.58. The minimum Gasteiger partial charge on any atom is -0.294 e. The number of hydrogen-bond acceptors (Lipinski definition) is 3. The first-order valence-corrected chi connectivity index (χ1v) is 6.40. The minimum atomic E-state index is -0.0285. The first kappa shape index (κ1) is 12.3. The van der Waals surface area contributed by atoms with Crippen LogP contribution in [0.5, 0.6) is 0 Å². The molecule has 1 aliphatic carbocycles. The number of nitrogens with one attached hydrogen (secondary N) is 1. The van der Waals surface area contributed by atoms with Crippen LogP contribution in [0.3, 0.4) is 0 Å². The molecule has 0 radical (unpaired) electrons. The average molecular weight is 254 g/mol. The fourth-order valence-corrected chi connectivity index (χ4v) is 2.35. The summed E-state index contributed by atoms with van der Waals surface area (Å²) in [5.41, 5.74) is 0. The molecule has 0 saturated heterocycles. The number of halogens is 1. The molecule has 4 nitrogen and oxygen atoms in total. The van der Waals surface area contributed by atoms with Gasteiger partial charge in [-0.2, -0.15) is 0 Å². The van der Waals surface area contributed by atoms with Crippen LogP contribution in [0.25, 0.3) is 0 Å². The lowest BCUT2D eigenvalue weighted by Gasteiger charge is -2.08. The Hall–Kier alpha value is -1.16. The molecule has 1 amide bonds. The first-order valence-electron chi connectivity index (χ1n) is 6.02. The van der Waals surface area contributed by atoms with Gasteiger partial charge in [0, 0.05) is 12.6 Å². The highest BCUT2D eigenvalue weighted by Crippen LogP contribution is 2.28. The van der Waals surface area contributed by atoms with E-state index in [0.717, 1.165) is 12.3 Å². The number of aromatic nitrogens is 2. The van der Waals surface area contributed by atoms with Crippen molar-refractivity contribution in [3.05, 3.63) is 17.4 Å². The van der Waals surface area contributed by atoms with E-state index in [1.54, 1.807) is 6.07 Å². The molecule has 2 rings (SSSR count). The molecule has 1 fully saturated rings. The highest BCUT2D eigenvalue weighted by molar-refractivity contribution is 6.29. The Balaban J connectivity index is 1.76. The van der Waals surface area contributed by atoms with Crippen LogP contribution in [-0.4, -0.2) is 15.9 Å². The Bertz CT molecular complexity index is 391. The molecule has 0 unspecified atom stereocenters. The maximum absolute atomic E-state index is 11.6. The largest absolute Gasteiger partial charge is 0.294 e. The van der Waals surface area contributed by atoms with Gasteiger partial charge in [-0.1, -0.05) is 37.3 Å². The number of rotatable bonds is 4. The molecule has 1 heterocycles. The highest BCUT2D eigenvalue weighted by Gasteiger charge is 2.16. The molecule has 1 saturated carbocycles. The van der Waals surface area contributed by atoms with Crippen molar-refractivity contribution in [3.8, 4) is 0 Å². The zero-order chi connectivity index (χ0) is 12.1. The van der Waals surface area contributed by atoms with E-state index in [-0.39, 0.29) is 11.9 Å². The van der Waals surface area contributed by atoms with E-state index in [2.05, 4.69) is 15.3 Å². The molecular formula is C12H16ClN3O. The fourth-order valence-electron chi connectivity index (χ4n) is 2.22. The monoisotopic (exact) mass is 253 g/mol. The van der Waals surface area contributed by atoms with Gasteiger partial charge >= 0.3 is 0 Å².